The number of aromatic nitrogens is 4. The molecule has 0 aromatic rings. The van der Waals surface area contributed by atoms with Gasteiger partial charge in [-0.05, 0) is 39.2 Å². The molecule has 4 aliphatic heterocycles. The van der Waals surface area contributed by atoms with E-state index in [1.54, 1.807) is 12.5 Å². The van der Waals surface area contributed by atoms with Gasteiger partial charge in [0.05, 0.1) is 24.7 Å². The van der Waals surface area contributed by atoms with Gasteiger partial charge < -0.3 is 14.6 Å². The molecule has 0 spiro atoms. The summed E-state index contributed by atoms with van der Waals surface area (Å²) in [5.41, 5.74) is 0.390. The van der Waals surface area contributed by atoms with Crippen molar-refractivity contribution in [3.8, 4) is 11.4 Å². The Bertz CT molecular complexity index is 713. The van der Waals surface area contributed by atoms with Crippen LogP contribution >= 0.6 is 0 Å². The minimum absolute atomic E-state index is 0.236. The predicted molar refractivity (Wildman–Crippen MR) is 91.0 cm³/mol. The molecule has 2 saturated heterocycles. The molecule has 134 valence electrons. The molecule has 1 amide bonds. The van der Waals surface area contributed by atoms with E-state index in [2.05, 4.69) is 27.4 Å². The van der Waals surface area contributed by atoms with Gasteiger partial charge in [-0.15, -0.1) is 5.10 Å². The second-order valence-electron chi connectivity index (χ2n) is 7.17. The monoisotopic (exact) mass is 344 g/mol. The van der Waals surface area contributed by atoms with Crippen LogP contribution in [0.5, 0.6) is 0 Å². The molecule has 0 bridgehead atoms. The molecule has 0 aliphatic carbocycles. The zero-order valence-corrected chi connectivity index (χ0v) is 14.5. The summed E-state index contributed by atoms with van der Waals surface area (Å²) < 4.78 is 7.64. The van der Waals surface area contributed by atoms with Crippen LogP contribution in [-0.4, -0.2) is 57.0 Å². The predicted octanol–water partition coefficient (Wildman–Crippen LogP) is 1.68. The van der Waals surface area contributed by atoms with Gasteiger partial charge >= 0.3 is 6.09 Å². The maximum atomic E-state index is 12.8. The Morgan fingerprint density at radius 1 is 1.48 bits per heavy atom. The molecule has 8 heteroatoms. The lowest BCUT2D eigenvalue weighted by Crippen LogP contribution is -2.54. The van der Waals surface area contributed by atoms with Crippen LogP contribution in [0.1, 0.15) is 32.6 Å². The second-order valence-corrected chi connectivity index (χ2v) is 7.17. The Labute approximate surface area is 146 Å². The third kappa shape index (κ3) is 3.06. The van der Waals surface area contributed by atoms with Crippen LogP contribution in [0.4, 0.5) is 4.79 Å². The molecule has 1 N–H and O–H groups in total. The molecule has 4 heterocycles. The number of fused-ring (bicyclic) bond motifs is 1. The summed E-state index contributed by atoms with van der Waals surface area (Å²) in [4.78, 5) is 19.0. The van der Waals surface area contributed by atoms with E-state index in [1.165, 1.54) is 0 Å². The van der Waals surface area contributed by atoms with Gasteiger partial charge in [0.1, 0.15) is 5.66 Å². The Morgan fingerprint density at radius 3 is 3.24 bits per heavy atom. The highest BCUT2D eigenvalue weighted by molar-refractivity contribution is 5.68. The van der Waals surface area contributed by atoms with E-state index in [-0.39, 0.29) is 6.09 Å². The number of hydrogen-bond acceptors (Lipinski definition) is 6. The molecular weight excluding hydrogens is 320 g/mol. The summed E-state index contributed by atoms with van der Waals surface area (Å²) in [6, 6.07) is 0. The first-order valence-electron chi connectivity index (χ1n) is 8.98. The van der Waals surface area contributed by atoms with Crippen molar-refractivity contribution in [2.75, 3.05) is 26.2 Å². The number of carbonyl (C=O) groups is 1. The van der Waals surface area contributed by atoms with E-state index >= 15 is 0 Å². The summed E-state index contributed by atoms with van der Waals surface area (Å²) in [7, 11) is 0. The molecule has 8 nitrogen and oxygen atoms in total. The highest BCUT2D eigenvalue weighted by atomic mass is 16.6. The van der Waals surface area contributed by atoms with E-state index < -0.39 is 5.66 Å². The SMILES string of the molecule is CC1(n2cnc3nncc-3c2)CCCCN1C(=O)OCC1CCNC1. The van der Waals surface area contributed by atoms with Crippen LogP contribution in [0, 0.1) is 5.92 Å². The average molecular weight is 344 g/mol. The van der Waals surface area contributed by atoms with Crippen LogP contribution in [0.25, 0.3) is 11.4 Å². The number of carbonyl (C=O) groups excluding carboxylic acids is 1. The number of rotatable bonds is 3. The van der Waals surface area contributed by atoms with Crippen LogP contribution < -0.4 is 5.32 Å². The summed E-state index contributed by atoms with van der Waals surface area (Å²) in [5.74, 6) is 1.05. The quantitative estimate of drug-likeness (QED) is 0.912. The molecule has 0 aromatic carbocycles. The molecule has 2 atom stereocenters. The number of ether oxygens (including phenoxy) is 1. The van der Waals surface area contributed by atoms with Gasteiger partial charge in [-0.25, -0.2) is 9.78 Å². The van der Waals surface area contributed by atoms with Crippen LogP contribution in [0.2, 0.25) is 0 Å². The lowest BCUT2D eigenvalue weighted by Gasteiger charge is -2.45. The largest absolute Gasteiger partial charge is 0.449 e. The molecule has 2 fully saturated rings. The molecular formula is C17H24N6O2. The normalized spacial score (nSPS) is 26.9. The number of amides is 1. The van der Waals surface area contributed by atoms with Gasteiger partial charge in [0.15, 0.2) is 5.82 Å². The van der Waals surface area contributed by atoms with E-state index in [0.717, 1.165) is 44.3 Å². The van der Waals surface area contributed by atoms with Crippen molar-refractivity contribution in [1.82, 2.24) is 30.0 Å². The fraction of sp³-hybridized carbons (Fsp3) is 0.647. The number of hydrogen-bond donors (Lipinski definition) is 1. The first-order chi connectivity index (χ1) is 12.2. The Hall–Kier alpha value is -2.22. The van der Waals surface area contributed by atoms with Crippen molar-refractivity contribution in [1.29, 1.82) is 0 Å². The van der Waals surface area contributed by atoms with Crippen LogP contribution in [0.15, 0.2) is 18.7 Å². The van der Waals surface area contributed by atoms with Gasteiger partial charge in [-0.1, -0.05) is 0 Å². The maximum absolute atomic E-state index is 12.8. The van der Waals surface area contributed by atoms with Crippen molar-refractivity contribution in [3.05, 3.63) is 18.7 Å². The number of nitrogens with zero attached hydrogens (tertiary/aromatic N) is 5. The molecule has 0 radical (unpaired) electrons. The van der Waals surface area contributed by atoms with Crippen molar-refractivity contribution in [2.45, 2.75) is 38.3 Å². The average Bonchev–Trinajstić information content (AvgIpc) is 3.30. The molecule has 4 aliphatic rings. The van der Waals surface area contributed by atoms with E-state index in [1.807, 2.05) is 15.7 Å². The minimum Gasteiger partial charge on any atom is -0.449 e. The lowest BCUT2D eigenvalue weighted by molar-refractivity contribution is -0.0103. The Morgan fingerprint density at radius 2 is 2.40 bits per heavy atom. The van der Waals surface area contributed by atoms with Gasteiger partial charge in [-0.3, -0.25) is 4.90 Å². The van der Waals surface area contributed by atoms with Crippen molar-refractivity contribution in [2.24, 2.45) is 5.92 Å². The van der Waals surface area contributed by atoms with E-state index in [0.29, 0.717) is 24.9 Å². The molecule has 0 aromatic heterocycles. The van der Waals surface area contributed by atoms with Gasteiger partial charge in [-0.2, -0.15) is 5.10 Å². The highest BCUT2D eigenvalue weighted by Crippen LogP contribution is 2.34. The first kappa shape index (κ1) is 16.3. The summed E-state index contributed by atoms with van der Waals surface area (Å²) >= 11 is 0. The maximum Gasteiger partial charge on any atom is 0.411 e. The van der Waals surface area contributed by atoms with Gasteiger partial charge in [0.25, 0.3) is 0 Å². The first-order valence-corrected chi connectivity index (χ1v) is 8.98. The van der Waals surface area contributed by atoms with Crippen LogP contribution in [0.3, 0.4) is 0 Å². The summed E-state index contributed by atoms with van der Waals surface area (Å²) in [6.45, 7) is 5.18. The third-order valence-corrected chi connectivity index (χ3v) is 5.44. The fourth-order valence-corrected chi connectivity index (χ4v) is 3.80. The zero-order valence-electron chi connectivity index (χ0n) is 14.5. The Balaban J connectivity index is 1.54. The Kier molecular flexibility index (Phi) is 4.29. The van der Waals surface area contributed by atoms with Crippen molar-refractivity contribution in [3.63, 3.8) is 0 Å². The number of likely N-dealkylation sites (tertiary alicyclic amines) is 1. The smallest absolute Gasteiger partial charge is 0.411 e. The number of nitrogens with one attached hydrogen (secondary N) is 1. The van der Waals surface area contributed by atoms with Crippen molar-refractivity contribution >= 4 is 6.09 Å². The zero-order chi connectivity index (χ0) is 17.3. The topological polar surface area (TPSA) is 85.2 Å². The number of piperidine rings is 1. The minimum atomic E-state index is -0.484. The standard InChI is InChI=1S/C17H24N6O2/c1-17(22-10-14-9-20-21-15(14)19-12-22)5-2-3-7-23(17)16(24)25-11-13-4-6-18-8-13/h9-10,12-13,18H,2-8,11H2,1H3. The fourth-order valence-electron chi connectivity index (χ4n) is 3.80. The molecule has 2 unspecified atom stereocenters. The highest BCUT2D eigenvalue weighted by Gasteiger charge is 2.40. The summed E-state index contributed by atoms with van der Waals surface area (Å²) in [6.07, 6.45) is 9.16. The lowest BCUT2D eigenvalue weighted by atomic mass is 9.96. The second kappa shape index (κ2) is 6.59. The summed E-state index contributed by atoms with van der Waals surface area (Å²) in [5, 5.41) is 11.2. The molecule has 0 saturated carbocycles. The molecule has 25 heavy (non-hydrogen) atoms. The van der Waals surface area contributed by atoms with Crippen molar-refractivity contribution < 1.29 is 9.53 Å². The van der Waals surface area contributed by atoms with Gasteiger partial charge in [0, 0.05) is 25.2 Å². The van der Waals surface area contributed by atoms with Gasteiger partial charge in [0.2, 0.25) is 0 Å². The van der Waals surface area contributed by atoms with E-state index in [9.17, 15) is 4.79 Å². The molecule has 4 rings (SSSR count). The third-order valence-electron chi connectivity index (χ3n) is 5.44. The van der Waals surface area contributed by atoms with Crippen LogP contribution in [-0.2, 0) is 10.4 Å². The van der Waals surface area contributed by atoms with E-state index in [4.69, 9.17) is 4.74 Å².